The Labute approximate surface area is 342 Å². The molecule has 0 saturated carbocycles. The van der Waals surface area contributed by atoms with Gasteiger partial charge in [-0.2, -0.15) is 0 Å². The van der Waals surface area contributed by atoms with Crippen LogP contribution in [0, 0.1) is 0 Å². The third-order valence-corrected chi connectivity index (χ3v) is 14.7. The lowest BCUT2D eigenvalue weighted by atomic mass is 9.84. The highest BCUT2D eigenvalue weighted by atomic mass is 32.1. The van der Waals surface area contributed by atoms with E-state index in [1.165, 1.54) is 128 Å². The van der Waals surface area contributed by atoms with Crippen LogP contribution in [0.25, 0.3) is 128 Å². The number of fused-ring (bicyclic) bond motifs is 13. The second kappa shape index (κ2) is 12.3. The van der Waals surface area contributed by atoms with E-state index >= 15 is 0 Å². The third kappa shape index (κ3) is 4.68. The zero-order chi connectivity index (χ0) is 37.9. The van der Waals surface area contributed by atoms with E-state index in [1.807, 2.05) is 22.7 Å². The van der Waals surface area contributed by atoms with Crippen LogP contribution in [0.4, 0.5) is 0 Å². The van der Waals surface area contributed by atoms with Crippen LogP contribution in [-0.4, -0.2) is 0 Å². The molecule has 0 radical (unpaired) electrons. The van der Waals surface area contributed by atoms with Crippen molar-refractivity contribution >= 4 is 117 Å². The molecule has 0 aliphatic heterocycles. The average Bonchev–Trinajstić information content (AvgIpc) is 3.86. The second-order valence-corrected chi connectivity index (χ2v) is 17.7. The first-order valence-electron chi connectivity index (χ1n) is 19.9. The van der Waals surface area contributed by atoms with Crippen molar-refractivity contribution in [1.29, 1.82) is 0 Å². The fourth-order valence-electron chi connectivity index (χ4n) is 9.79. The fourth-order valence-corrected chi connectivity index (χ4v) is 12.2. The first kappa shape index (κ1) is 32.3. The Bertz CT molecular complexity index is 3800. The van der Waals surface area contributed by atoms with E-state index < -0.39 is 0 Å². The van der Waals surface area contributed by atoms with Crippen LogP contribution < -0.4 is 0 Å². The molecule has 0 aliphatic rings. The quantitative estimate of drug-likeness (QED) is 0.157. The Kier molecular flexibility index (Phi) is 6.86. The first-order chi connectivity index (χ1) is 28.7. The van der Waals surface area contributed by atoms with Gasteiger partial charge in [0.05, 0.1) is 0 Å². The van der Waals surface area contributed by atoms with Crippen molar-refractivity contribution in [2.45, 2.75) is 0 Å². The molecule has 0 unspecified atom stereocenters. The highest BCUT2D eigenvalue weighted by Crippen LogP contribution is 2.48. The molecule has 0 N–H and O–H groups in total. The lowest BCUT2D eigenvalue weighted by molar-refractivity contribution is 1.67. The van der Waals surface area contributed by atoms with Crippen molar-refractivity contribution < 1.29 is 0 Å². The van der Waals surface area contributed by atoms with Gasteiger partial charge in [-0.15, -0.1) is 22.7 Å². The predicted molar refractivity (Wildman–Crippen MR) is 256 cm³/mol. The van der Waals surface area contributed by atoms with Gasteiger partial charge >= 0.3 is 0 Å². The van der Waals surface area contributed by atoms with Gasteiger partial charge in [-0.25, -0.2) is 0 Å². The Morgan fingerprint density at radius 1 is 0.259 bits per heavy atom. The van der Waals surface area contributed by atoms with Crippen LogP contribution >= 0.6 is 22.7 Å². The molecule has 13 rings (SSSR count). The molecule has 0 amide bonds. The summed E-state index contributed by atoms with van der Waals surface area (Å²) < 4.78 is 5.42. The van der Waals surface area contributed by atoms with Crippen LogP contribution in [0.5, 0.6) is 0 Å². The van der Waals surface area contributed by atoms with Crippen molar-refractivity contribution in [3.8, 4) is 33.4 Å². The Morgan fingerprint density at radius 3 is 1.62 bits per heavy atom. The molecule has 11 aromatic carbocycles. The molecule has 0 nitrogen and oxygen atoms in total. The largest absolute Gasteiger partial charge is 0.135 e. The van der Waals surface area contributed by atoms with Crippen LogP contribution in [0.15, 0.2) is 194 Å². The predicted octanol–water partition coefficient (Wildman–Crippen LogP) is 17.2. The summed E-state index contributed by atoms with van der Waals surface area (Å²) in [5.74, 6) is 0. The smallest absolute Gasteiger partial charge is 0.0440 e. The molecule has 0 fully saturated rings. The number of benzene rings is 11. The maximum atomic E-state index is 2.40. The van der Waals surface area contributed by atoms with Gasteiger partial charge in [-0.3, -0.25) is 0 Å². The number of hydrogen-bond acceptors (Lipinski definition) is 2. The van der Waals surface area contributed by atoms with E-state index in [0.717, 1.165) is 0 Å². The Balaban J connectivity index is 0.943. The van der Waals surface area contributed by atoms with Crippen molar-refractivity contribution in [2.75, 3.05) is 0 Å². The summed E-state index contributed by atoms with van der Waals surface area (Å²) >= 11 is 3.83. The maximum absolute atomic E-state index is 2.40. The molecule has 0 bridgehead atoms. The minimum Gasteiger partial charge on any atom is -0.135 e. The van der Waals surface area contributed by atoms with E-state index in [4.69, 9.17) is 0 Å². The molecule has 0 saturated heterocycles. The van der Waals surface area contributed by atoms with Crippen LogP contribution in [-0.2, 0) is 0 Å². The standard InChI is InChI=1S/C56H32S2/c1-2-12-40-33(10-1)11-9-18-42(40)54-45-16-5-3-14-43(45)52(44-15-4-6-17-46(44)54)39-23-22-35-30-36(20-21-37(35)31-39)38-25-28-48-51(32-38)57-50-29-26-34-24-27-47-41-13-7-8-19-49(41)58-56(47)53(34)55(48)50/h1-32H. The lowest BCUT2D eigenvalue weighted by Crippen LogP contribution is -1.91. The average molecular weight is 769 g/mol. The molecular weight excluding hydrogens is 737 g/mol. The van der Waals surface area contributed by atoms with Crippen LogP contribution in [0.2, 0.25) is 0 Å². The monoisotopic (exact) mass is 768 g/mol. The summed E-state index contributed by atoms with van der Waals surface area (Å²) in [6.07, 6.45) is 0. The molecule has 2 heterocycles. The number of rotatable bonds is 3. The third-order valence-electron chi connectivity index (χ3n) is 12.4. The van der Waals surface area contributed by atoms with E-state index in [1.54, 1.807) is 0 Å². The highest BCUT2D eigenvalue weighted by molar-refractivity contribution is 7.28. The van der Waals surface area contributed by atoms with Crippen molar-refractivity contribution in [2.24, 2.45) is 0 Å². The summed E-state index contributed by atoms with van der Waals surface area (Å²) in [5, 5.41) is 18.3. The minimum absolute atomic E-state index is 1.24. The van der Waals surface area contributed by atoms with E-state index in [2.05, 4.69) is 194 Å². The minimum atomic E-state index is 1.24. The molecule has 268 valence electrons. The van der Waals surface area contributed by atoms with E-state index in [-0.39, 0.29) is 0 Å². The van der Waals surface area contributed by atoms with Gasteiger partial charge in [0.1, 0.15) is 0 Å². The van der Waals surface area contributed by atoms with Gasteiger partial charge in [-0.05, 0) is 112 Å². The summed E-state index contributed by atoms with van der Waals surface area (Å²) in [5.41, 5.74) is 7.60. The Hall–Kier alpha value is -6.84. The molecule has 2 aromatic heterocycles. The molecule has 0 aliphatic carbocycles. The van der Waals surface area contributed by atoms with Crippen molar-refractivity contribution in [3.63, 3.8) is 0 Å². The number of hydrogen-bond donors (Lipinski definition) is 0. The highest BCUT2D eigenvalue weighted by Gasteiger charge is 2.19. The fraction of sp³-hybridized carbons (Fsp3) is 0. The Morgan fingerprint density at radius 2 is 0.828 bits per heavy atom. The second-order valence-electron chi connectivity index (χ2n) is 15.5. The molecular formula is C56H32S2. The van der Waals surface area contributed by atoms with Crippen LogP contribution in [0.1, 0.15) is 0 Å². The lowest BCUT2D eigenvalue weighted by Gasteiger charge is -2.19. The van der Waals surface area contributed by atoms with Gasteiger partial charge in [-0.1, -0.05) is 164 Å². The van der Waals surface area contributed by atoms with Gasteiger partial charge in [0.2, 0.25) is 0 Å². The molecule has 13 aromatic rings. The maximum Gasteiger partial charge on any atom is 0.0440 e. The first-order valence-corrected chi connectivity index (χ1v) is 21.5. The molecule has 0 spiro atoms. The molecule has 58 heavy (non-hydrogen) atoms. The molecule has 0 atom stereocenters. The zero-order valence-electron chi connectivity index (χ0n) is 31.3. The van der Waals surface area contributed by atoms with Crippen molar-refractivity contribution in [1.82, 2.24) is 0 Å². The SMILES string of the molecule is c1ccc2c(-c3c4ccccc4c(-c4ccc5cc(-c6ccc7c(c6)sc6ccc8ccc9c%10ccccc%10sc9c8c67)ccc5c4)c4ccccc34)cccc2c1. The number of thiophene rings is 2. The summed E-state index contributed by atoms with van der Waals surface area (Å²) in [6, 6.07) is 72.5. The van der Waals surface area contributed by atoms with Gasteiger partial charge in [0, 0.05) is 45.7 Å². The van der Waals surface area contributed by atoms with Gasteiger partial charge < -0.3 is 0 Å². The zero-order valence-corrected chi connectivity index (χ0v) is 32.9. The van der Waals surface area contributed by atoms with Crippen molar-refractivity contribution in [3.05, 3.63) is 194 Å². The summed E-state index contributed by atoms with van der Waals surface area (Å²) in [4.78, 5) is 0. The van der Waals surface area contributed by atoms with Gasteiger partial charge in [0.15, 0.2) is 0 Å². The summed E-state index contributed by atoms with van der Waals surface area (Å²) in [7, 11) is 0. The van der Waals surface area contributed by atoms with E-state index in [0.29, 0.717) is 0 Å². The van der Waals surface area contributed by atoms with Crippen LogP contribution in [0.3, 0.4) is 0 Å². The topological polar surface area (TPSA) is 0 Å². The normalized spacial score (nSPS) is 12.1. The van der Waals surface area contributed by atoms with E-state index in [9.17, 15) is 0 Å². The summed E-state index contributed by atoms with van der Waals surface area (Å²) in [6.45, 7) is 0. The van der Waals surface area contributed by atoms with Gasteiger partial charge in [0.25, 0.3) is 0 Å². The molecule has 2 heteroatoms.